The van der Waals surface area contributed by atoms with Crippen LogP contribution in [-0.4, -0.2) is 67.5 Å². The third kappa shape index (κ3) is 5.28. The van der Waals surface area contributed by atoms with Gasteiger partial charge in [0, 0.05) is 86.5 Å². The lowest BCUT2D eigenvalue weighted by atomic mass is 9.98. The number of nitriles is 1. The van der Waals surface area contributed by atoms with Gasteiger partial charge in [0.2, 0.25) is 0 Å². The van der Waals surface area contributed by atoms with Crippen molar-refractivity contribution in [1.82, 2.24) is 34.6 Å². The number of amides is 2. The molecule has 0 radical (unpaired) electrons. The molecule has 0 spiro atoms. The largest absolute Gasteiger partial charge is 0.353 e. The molecule has 0 unspecified atom stereocenters. The first-order valence-corrected chi connectivity index (χ1v) is 13.6. The number of piperazine rings is 1. The van der Waals surface area contributed by atoms with Crippen LogP contribution in [0.4, 0.5) is 15.0 Å². The molecule has 5 heterocycles. The number of rotatable bonds is 5. The minimum absolute atomic E-state index is 0.108. The Morgan fingerprint density at radius 2 is 1.85 bits per heavy atom. The van der Waals surface area contributed by atoms with E-state index in [2.05, 4.69) is 26.5 Å². The van der Waals surface area contributed by atoms with Gasteiger partial charge < -0.3 is 15.1 Å². The number of nitrogens with zero attached hydrogens (tertiary/aromatic N) is 8. The van der Waals surface area contributed by atoms with Gasteiger partial charge in [0.15, 0.2) is 0 Å². The number of nitrogens with one attached hydrogen (secondary N) is 1. The molecule has 208 valence electrons. The lowest BCUT2D eigenvalue weighted by Crippen LogP contribution is -2.53. The predicted octanol–water partition coefficient (Wildman–Crippen LogP) is 4.46. The van der Waals surface area contributed by atoms with Gasteiger partial charge in [0.1, 0.15) is 17.7 Å². The summed E-state index contributed by atoms with van der Waals surface area (Å²) in [6, 6.07) is 8.03. The number of urea groups is 1. The van der Waals surface area contributed by atoms with E-state index >= 15 is 0 Å². The average molecular weight is 552 g/mol. The second kappa shape index (κ2) is 10.9. The number of carbonyl (C=O) groups is 1. The molecule has 1 aliphatic heterocycles. The van der Waals surface area contributed by atoms with Gasteiger partial charge in [-0.25, -0.2) is 18.7 Å². The maximum Gasteiger partial charge on any atom is 0.317 e. The SMILES string of the molecule is C[C@@H](NC(=O)N1CCN(c2ccc(-c3cc(-c4cnn(C)c4)cn4ncc(C#N)c34)cn2)CC1)C1=CC=C(F)CC1. The Morgan fingerprint density at radius 3 is 2.51 bits per heavy atom. The van der Waals surface area contributed by atoms with Crippen LogP contribution in [0.2, 0.25) is 0 Å². The Kier molecular flexibility index (Phi) is 6.97. The highest BCUT2D eigenvalue weighted by atomic mass is 19.1. The second-order valence-electron chi connectivity index (χ2n) is 10.4. The number of allylic oxidation sites excluding steroid dienone is 3. The Balaban J connectivity index is 1.16. The number of hydrogen-bond donors (Lipinski definition) is 1. The fraction of sp³-hybridized carbons (Fsp3) is 0.300. The zero-order chi connectivity index (χ0) is 28.5. The topological polar surface area (TPSA) is 107 Å². The normalized spacial score (nSPS) is 16.2. The van der Waals surface area contributed by atoms with Crippen molar-refractivity contribution in [3.63, 3.8) is 0 Å². The molecule has 0 saturated carbocycles. The smallest absolute Gasteiger partial charge is 0.317 e. The number of aromatic nitrogens is 5. The molecule has 1 fully saturated rings. The van der Waals surface area contributed by atoms with Crippen LogP contribution in [0.1, 0.15) is 25.3 Å². The summed E-state index contributed by atoms with van der Waals surface area (Å²) in [6.45, 7) is 4.40. The van der Waals surface area contributed by atoms with Crippen LogP contribution in [0.3, 0.4) is 0 Å². The van der Waals surface area contributed by atoms with Crippen molar-refractivity contribution < 1.29 is 9.18 Å². The van der Waals surface area contributed by atoms with Crippen molar-refractivity contribution in [2.24, 2.45) is 7.05 Å². The van der Waals surface area contributed by atoms with E-state index in [-0.39, 0.29) is 17.9 Å². The highest BCUT2D eigenvalue weighted by Crippen LogP contribution is 2.32. The molecular weight excluding hydrogens is 521 g/mol. The summed E-state index contributed by atoms with van der Waals surface area (Å²) in [7, 11) is 1.87. The van der Waals surface area contributed by atoms with Gasteiger partial charge >= 0.3 is 6.03 Å². The first-order valence-electron chi connectivity index (χ1n) is 13.6. The molecule has 2 amide bonds. The van der Waals surface area contributed by atoms with Crippen molar-refractivity contribution >= 4 is 17.4 Å². The monoisotopic (exact) mass is 551 g/mol. The van der Waals surface area contributed by atoms with Crippen molar-refractivity contribution in [3.05, 3.63) is 78.3 Å². The third-order valence-corrected chi connectivity index (χ3v) is 7.75. The summed E-state index contributed by atoms with van der Waals surface area (Å²) < 4.78 is 16.8. The van der Waals surface area contributed by atoms with E-state index in [1.165, 1.54) is 6.08 Å². The number of pyridine rings is 2. The number of halogens is 1. The third-order valence-electron chi connectivity index (χ3n) is 7.75. The first-order chi connectivity index (χ1) is 19.9. The lowest BCUT2D eigenvalue weighted by molar-refractivity contribution is 0.192. The van der Waals surface area contributed by atoms with Gasteiger partial charge in [-0.3, -0.25) is 4.68 Å². The van der Waals surface area contributed by atoms with Crippen LogP contribution >= 0.6 is 0 Å². The number of hydrogen-bond acceptors (Lipinski definition) is 6. The van der Waals surface area contributed by atoms with Gasteiger partial charge in [0.25, 0.3) is 0 Å². The van der Waals surface area contributed by atoms with Crippen molar-refractivity contribution in [2.75, 3.05) is 31.1 Å². The van der Waals surface area contributed by atoms with Gasteiger partial charge in [-0.1, -0.05) is 6.08 Å². The number of fused-ring (bicyclic) bond motifs is 1. The molecule has 41 heavy (non-hydrogen) atoms. The Morgan fingerprint density at radius 1 is 1.02 bits per heavy atom. The molecule has 11 heteroatoms. The summed E-state index contributed by atoms with van der Waals surface area (Å²) in [6.07, 6.45) is 13.3. The zero-order valence-electron chi connectivity index (χ0n) is 23.0. The molecule has 4 aromatic heterocycles. The molecule has 1 N–H and O–H groups in total. The Hall–Kier alpha value is -4.98. The quantitative estimate of drug-likeness (QED) is 0.393. The Labute approximate surface area is 237 Å². The molecule has 10 nitrogen and oxygen atoms in total. The summed E-state index contributed by atoms with van der Waals surface area (Å²) >= 11 is 0. The highest BCUT2D eigenvalue weighted by molar-refractivity contribution is 5.87. The fourth-order valence-corrected chi connectivity index (χ4v) is 5.38. The standard InChI is InChI=1S/C30H30FN9O/c1-20(21-3-6-26(31)7-4-21)36-30(41)39-11-9-38(10-12-39)28-8-5-22(15-33-28)27-13-23(25-17-34-37(2)18-25)19-40-29(27)24(14-32)16-35-40/h3,5-6,8,13,15-20H,4,7,9-12H2,1-2H3,(H,36,41)/t20-/m1/s1. The molecule has 6 rings (SSSR count). The minimum Gasteiger partial charge on any atom is -0.353 e. The molecule has 1 saturated heterocycles. The molecule has 4 aromatic rings. The molecular formula is C30H30FN9O. The van der Waals surface area contributed by atoms with E-state index in [1.807, 2.05) is 55.7 Å². The van der Waals surface area contributed by atoms with E-state index in [0.717, 1.165) is 39.2 Å². The number of anilines is 1. The Bertz CT molecular complexity index is 1700. The average Bonchev–Trinajstić information content (AvgIpc) is 3.63. The molecule has 0 bridgehead atoms. The van der Waals surface area contributed by atoms with Crippen molar-refractivity contribution in [1.29, 1.82) is 5.26 Å². The number of aryl methyl sites for hydroxylation is 1. The van der Waals surface area contributed by atoms with Crippen LogP contribution < -0.4 is 10.2 Å². The van der Waals surface area contributed by atoms with E-state index < -0.39 is 0 Å². The van der Waals surface area contributed by atoms with Gasteiger partial charge in [-0.05, 0) is 43.2 Å². The van der Waals surface area contributed by atoms with Gasteiger partial charge in [-0.15, -0.1) is 0 Å². The second-order valence-corrected chi connectivity index (χ2v) is 10.4. The van der Waals surface area contributed by atoms with Gasteiger partial charge in [-0.2, -0.15) is 15.5 Å². The summed E-state index contributed by atoms with van der Waals surface area (Å²) in [4.78, 5) is 21.6. The maximum atomic E-state index is 13.3. The van der Waals surface area contributed by atoms with Crippen LogP contribution in [0.15, 0.2) is 72.7 Å². The van der Waals surface area contributed by atoms with Crippen molar-refractivity contribution in [3.8, 4) is 28.3 Å². The van der Waals surface area contributed by atoms with Crippen molar-refractivity contribution in [2.45, 2.75) is 25.8 Å². The minimum atomic E-state index is -0.139. The first kappa shape index (κ1) is 26.3. The summed E-state index contributed by atoms with van der Waals surface area (Å²) in [5.74, 6) is 0.710. The fourth-order valence-electron chi connectivity index (χ4n) is 5.38. The predicted molar refractivity (Wildman–Crippen MR) is 154 cm³/mol. The molecule has 1 atom stereocenters. The van der Waals surface area contributed by atoms with Crippen LogP contribution in [-0.2, 0) is 7.05 Å². The lowest BCUT2D eigenvalue weighted by Gasteiger charge is -2.36. The molecule has 1 aliphatic carbocycles. The van der Waals surface area contributed by atoms with E-state index in [9.17, 15) is 14.4 Å². The highest BCUT2D eigenvalue weighted by Gasteiger charge is 2.24. The zero-order valence-corrected chi connectivity index (χ0v) is 23.0. The summed E-state index contributed by atoms with van der Waals surface area (Å²) in [5, 5.41) is 21.4. The van der Waals surface area contributed by atoms with Crippen LogP contribution in [0.25, 0.3) is 27.8 Å². The molecule has 2 aliphatic rings. The molecule has 0 aromatic carbocycles. The van der Waals surface area contributed by atoms with Gasteiger partial charge in [0.05, 0.1) is 23.5 Å². The van der Waals surface area contributed by atoms with Crippen LogP contribution in [0, 0.1) is 11.3 Å². The van der Waals surface area contributed by atoms with Crippen LogP contribution in [0.5, 0.6) is 0 Å². The van der Waals surface area contributed by atoms with E-state index in [0.29, 0.717) is 44.6 Å². The number of carbonyl (C=O) groups excluding carboxylic acids is 1. The van der Waals surface area contributed by atoms with E-state index in [4.69, 9.17) is 4.98 Å². The summed E-state index contributed by atoms with van der Waals surface area (Å²) in [5.41, 5.74) is 5.88. The van der Waals surface area contributed by atoms with E-state index in [1.54, 1.807) is 27.7 Å². The maximum absolute atomic E-state index is 13.3.